The monoisotopic (exact) mass is 386 g/mol. The topological polar surface area (TPSA) is 49.4 Å². The SMILES string of the molecule is Cc1cc(Br)ccc1S(=O)(=O)N1CCC(NCC2CC2)CC1. The van der Waals surface area contributed by atoms with Crippen LogP contribution in [-0.2, 0) is 10.0 Å². The Bertz CT molecular complexity index is 636. The number of hydrogen-bond donors (Lipinski definition) is 1. The lowest BCUT2D eigenvalue weighted by Crippen LogP contribution is -2.45. The summed E-state index contributed by atoms with van der Waals surface area (Å²) in [5.74, 6) is 0.868. The lowest BCUT2D eigenvalue weighted by Gasteiger charge is -2.32. The van der Waals surface area contributed by atoms with Crippen molar-refractivity contribution in [2.45, 2.75) is 43.5 Å². The molecule has 1 aromatic carbocycles. The summed E-state index contributed by atoms with van der Waals surface area (Å²) in [6.07, 6.45) is 4.51. The summed E-state index contributed by atoms with van der Waals surface area (Å²) < 4.78 is 28.1. The molecule has 1 aromatic rings. The molecular formula is C16H23BrN2O2S. The van der Waals surface area contributed by atoms with Gasteiger partial charge in [0.05, 0.1) is 4.90 Å². The average molecular weight is 387 g/mol. The number of aryl methyl sites for hydroxylation is 1. The number of piperidine rings is 1. The van der Waals surface area contributed by atoms with Crippen molar-refractivity contribution in [3.63, 3.8) is 0 Å². The molecule has 1 aliphatic carbocycles. The quantitative estimate of drug-likeness (QED) is 0.845. The highest BCUT2D eigenvalue weighted by Gasteiger charge is 2.31. The van der Waals surface area contributed by atoms with Gasteiger partial charge >= 0.3 is 0 Å². The van der Waals surface area contributed by atoms with Crippen molar-refractivity contribution in [2.24, 2.45) is 5.92 Å². The number of rotatable bonds is 5. The lowest BCUT2D eigenvalue weighted by atomic mass is 10.1. The summed E-state index contributed by atoms with van der Waals surface area (Å²) in [4.78, 5) is 0.431. The van der Waals surface area contributed by atoms with E-state index in [1.165, 1.54) is 12.8 Å². The van der Waals surface area contributed by atoms with Crippen LogP contribution in [0, 0.1) is 12.8 Å². The molecule has 1 saturated carbocycles. The maximum Gasteiger partial charge on any atom is 0.243 e. The Hall–Kier alpha value is -0.430. The summed E-state index contributed by atoms with van der Waals surface area (Å²) >= 11 is 3.38. The molecule has 1 N–H and O–H groups in total. The van der Waals surface area contributed by atoms with E-state index in [2.05, 4.69) is 21.2 Å². The van der Waals surface area contributed by atoms with Crippen molar-refractivity contribution in [3.05, 3.63) is 28.2 Å². The van der Waals surface area contributed by atoms with E-state index in [9.17, 15) is 8.42 Å². The number of nitrogens with zero attached hydrogens (tertiary/aromatic N) is 1. The van der Waals surface area contributed by atoms with Crippen LogP contribution in [-0.4, -0.2) is 38.4 Å². The van der Waals surface area contributed by atoms with Gasteiger partial charge < -0.3 is 5.32 Å². The van der Waals surface area contributed by atoms with E-state index in [1.807, 2.05) is 13.0 Å². The van der Waals surface area contributed by atoms with Crippen LogP contribution in [0.2, 0.25) is 0 Å². The minimum absolute atomic E-state index is 0.431. The summed E-state index contributed by atoms with van der Waals surface area (Å²) in [6.45, 7) is 4.17. The van der Waals surface area contributed by atoms with Crippen molar-refractivity contribution < 1.29 is 8.42 Å². The van der Waals surface area contributed by atoms with Crippen molar-refractivity contribution in [3.8, 4) is 0 Å². The van der Waals surface area contributed by atoms with Gasteiger partial charge in [0.2, 0.25) is 10.0 Å². The van der Waals surface area contributed by atoms with Crippen LogP contribution in [0.25, 0.3) is 0 Å². The van der Waals surface area contributed by atoms with Gasteiger partial charge in [-0.15, -0.1) is 0 Å². The van der Waals surface area contributed by atoms with Crippen LogP contribution in [0.3, 0.4) is 0 Å². The highest BCUT2D eigenvalue weighted by molar-refractivity contribution is 9.10. The lowest BCUT2D eigenvalue weighted by molar-refractivity contribution is 0.288. The number of nitrogens with one attached hydrogen (secondary N) is 1. The van der Waals surface area contributed by atoms with Crippen molar-refractivity contribution in [1.82, 2.24) is 9.62 Å². The molecular weight excluding hydrogens is 364 g/mol. The van der Waals surface area contributed by atoms with Gasteiger partial charge in [-0.1, -0.05) is 15.9 Å². The average Bonchev–Trinajstić information content (AvgIpc) is 3.29. The summed E-state index contributed by atoms with van der Waals surface area (Å²) in [5.41, 5.74) is 0.795. The Morgan fingerprint density at radius 2 is 1.91 bits per heavy atom. The second-order valence-electron chi connectivity index (χ2n) is 6.44. The Morgan fingerprint density at radius 3 is 2.50 bits per heavy atom. The molecule has 6 heteroatoms. The summed E-state index contributed by atoms with van der Waals surface area (Å²) in [5, 5.41) is 3.59. The number of halogens is 1. The van der Waals surface area contributed by atoms with Gasteiger partial charge in [0.15, 0.2) is 0 Å². The molecule has 22 heavy (non-hydrogen) atoms. The van der Waals surface area contributed by atoms with Crippen LogP contribution in [0.1, 0.15) is 31.2 Å². The van der Waals surface area contributed by atoms with Crippen LogP contribution < -0.4 is 5.32 Å². The number of sulfonamides is 1. The number of benzene rings is 1. The second kappa shape index (κ2) is 6.59. The molecule has 2 aliphatic rings. The van der Waals surface area contributed by atoms with Crippen LogP contribution >= 0.6 is 15.9 Å². The van der Waals surface area contributed by atoms with E-state index >= 15 is 0 Å². The zero-order valence-electron chi connectivity index (χ0n) is 12.9. The van der Waals surface area contributed by atoms with E-state index in [4.69, 9.17) is 0 Å². The zero-order chi connectivity index (χ0) is 15.7. The third kappa shape index (κ3) is 3.72. The first kappa shape index (κ1) is 16.4. The maximum atomic E-state index is 12.8. The Morgan fingerprint density at radius 1 is 1.23 bits per heavy atom. The fourth-order valence-corrected chi connectivity index (χ4v) is 5.15. The third-order valence-corrected chi connectivity index (χ3v) is 7.15. The van der Waals surface area contributed by atoms with Crippen LogP contribution in [0.15, 0.2) is 27.6 Å². The molecule has 1 heterocycles. The Balaban J connectivity index is 1.63. The summed E-state index contributed by atoms with van der Waals surface area (Å²) in [6, 6.07) is 5.82. The maximum absolute atomic E-state index is 12.8. The van der Waals surface area contributed by atoms with Crippen molar-refractivity contribution in [2.75, 3.05) is 19.6 Å². The van der Waals surface area contributed by atoms with Gasteiger partial charge in [0.25, 0.3) is 0 Å². The predicted octanol–water partition coefficient (Wildman–Crippen LogP) is 2.91. The van der Waals surface area contributed by atoms with Gasteiger partial charge in [0.1, 0.15) is 0 Å². The fraction of sp³-hybridized carbons (Fsp3) is 0.625. The third-order valence-electron chi connectivity index (χ3n) is 4.60. The molecule has 3 rings (SSSR count). The predicted molar refractivity (Wildman–Crippen MR) is 91.4 cm³/mol. The van der Waals surface area contributed by atoms with E-state index in [0.29, 0.717) is 24.0 Å². The van der Waals surface area contributed by atoms with E-state index in [-0.39, 0.29) is 0 Å². The van der Waals surface area contributed by atoms with E-state index in [1.54, 1.807) is 16.4 Å². The minimum atomic E-state index is -3.37. The Labute approximate surface area is 141 Å². The molecule has 0 bridgehead atoms. The van der Waals surface area contributed by atoms with E-state index in [0.717, 1.165) is 35.3 Å². The largest absolute Gasteiger partial charge is 0.314 e. The van der Waals surface area contributed by atoms with Crippen molar-refractivity contribution >= 4 is 26.0 Å². The zero-order valence-corrected chi connectivity index (χ0v) is 15.3. The smallest absolute Gasteiger partial charge is 0.243 e. The highest BCUT2D eigenvalue weighted by Crippen LogP contribution is 2.29. The first-order valence-electron chi connectivity index (χ1n) is 7.96. The van der Waals surface area contributed by atoms with Crippen molar-refractivity contribution in [1.29, 1.82) is 0 Å². The molecule has 4 nitrogen and oxygen atoms in total. The van der Waals surface area contributed by atoms with Gasteiger partial charge in [-0.2, -0.15) is 4.31 Å². The highest BCUT2D eigenvalue weighted by atomic mass is 79.9. The van der Waals surface area contributed by atoms with Gasteiger partial charge in [-0.3, -0.25) is 0 Å². The Kier molecular flexibility index (Phi) is 4.92. The fourth-order valence-electron chi connectivity index (χ4n) is 3.00. The molecule has 0 unspecified atom stereocenters. The first-order valence-corrected chi connectivity index (χ1v) is 10.2. The molecule has 2 fully saturated rings. The van der Waals surface area contributed by atoms with Gasteiger partial charge in [0, 0.05) is 23.6 Å². The standard InChI is InChI=1S/C16H23BrN2O2S/c1-12-10-14(17)4-5-16(12)22(20,21)19-8-6-15(7-9-19)18-11-13-2-3-13/h4-5,10,13,15,18H,2-3,6-9,11H2,1H3. The molecule has 0 spiro atoms. The van der Waals surface area contributed by atoms with Gasteiger partial charge in [-0.25, -0.2) is 8.42 Å². The van der Waals surface area contributed by atoms with Crippen LogP contribution in [0.5, 0.6) is 0 Å². The molecule has 0 amide bonds. The molecule has 0 radical (unpaired) electrons. The minimum Gasteiger partial charge on any atom is -0.314 e. The molecule has 1 saturated heterocycles. The molecule has 1 aliphatic heterocycles. The second-order valence-corrected chi connectivity index (χ2v) is 9.26. The molecule has 0 atom stereocenters. The molecule has 0 aromatic heterocycles. The normalized spacial score (nSPS) is 21.2. The van der Waals surface area contributed by atoms with Crippen LogP contribution in [0.4, 0.5) is 0 Å². The summed E-state index contributed by atoms with van der Waals surface area (Å²) in [7, 11) is -3.37. The van der Waals surface area contributed by atoms with Gasteiger partial charge in [-0.05, 0) is 68.8 Å². The number of hydrogen-bond acceptors (Lipinski definition) is 3. The first-order chi connectivity index (χ1) is 10.5. The molecule has 122 valence electrons. The van der Waals surface area contributed by atoms with E-state index < -0.39 is 10.0 Å².